The molecular weight excluding hydrogens is 452 g/mol. The average Bonchev–Trinajstić information content (AvgIpc) is 3.54. The molecule has 0 saturated carbocycles. The zero-order valence-electron chi connectivity index (χ0n) is 18.8. The van der Waals surface area contributed by atoms with E-state index in [0.717, 1.165) is 71.5 Å². The number of piperidine rings is 1. The minimum Gasteiger partial charge on any atom is -0.317 e. The highest BCUT2D eigenvalue weighted by Crippen LogP contribution is 2.44. The minimum atomic E-state index is 0.101. The number of hydrogen-bond acceptors (Lipinski definition) is 8. The van der Waals surface area contributed by atoms with Crippen molar-refractivity contribution in [3.8, 4) is 10.6 Å². The third-order valence-electron chi connectivity index (χ3n) is 7.23. The number of thiophene rings is 1. The first-order valence-corrected chi connectivity index (χ1v) is 13.7. The molecule has 2 fully saturated rings. The summed E-state index contributed by atoms with van der Waals surface area (Å²) in [5, 5.41) is 12.4. The molecule has 3 aromatic rings. The van der Waals surface area contributed by atoms with Crippen LogP contribution in [0.5, 0.6) is 0 Å². The largest absolute Gasteiger partial charge is 0.317 e. The van der Waals surface area contributed by atoms with E-state index in [0.29, 0.717) is 12.0 Å². The SMILES string of the molecule is O=C(CCN1CCC[C@@]2(CCCN2)C1)Nc1sc2c(c1-c1nc3cnccc3s1)CCNC2. The van der Waals surface area contributed by atoms with Crippen LogP contribution in [0.1, 0.15) is 42.5 Å². The Morgan fingerprint density at radius 2 is 2.18 bits per heavy atom. The number of rotatable bonds is 5. The Kier molecular flexibility index (Phi) is 5.92. The van der Waals surface area contributed by atoms with Crippen LogP contribution in [-0.4, -0.2) is 59.0 Å². The van der Waals surface area contributed by atoms with E-state index in [1.54, 1.807) is 22.7 Å². The molecule has 6 heterocycles. The maximum atomic E-state index is 13.0. The van der Waals surface area contributed by atoms with Gasteiger partial charge in [0.05, 0.1) is 10.9 Å². The van der Waals surface area contributed by atoms with Crippen LogP contribution < -0.4 is 16.0 Å². The Labute approximate surface area is 202 Å². The van der Waals surface area contributed by atoms with Gasteiger partial charge >= 0.3 is 0 Å². The first-order valence-electron chi connectivity index (χ1n) is 12.0. The predicted molar refractivity (Wildman–Crippen MR) is 135 cm³/mol. The van der Waals surface area contributed by atoms with Gasteiger partial charge in [-0.1, -0.05) is 0 Å². The summed E-state index contributed by atoms with van der Waals surface area (Å²) in [4.78, 5) is 25.9. The fourth-order valence-corrected chi connectivity index (χ4v) is 7.93. The third kappa shape index (κ3) is 4.33. The summed E-state index contributed by atoms with van der Waals surface area (Å²) in [7, 11) is 0. The Morgan fingerprint density at radius 3 is 3.06 bits per heavy atom. The zero-order chi connectivity index (χ0) is 22.3. The van der Waals surface area contributed by atoms with Gasteiger partial charge in [0, 0.05) is 48.2 Å². The molecule has 0 bridgehead atoms. The van der Waals surface area contributed by atoms with Crippen LogP contribution in [0.2, 0.25) is 0 Å². The van der Waals surface area contributed by atoms with Gasteiger partial charge in [0.15, 0.2) is 0 Å². The zero-order valence-corrected chi connectivity index (χ0v) is 20.4. The molecule has 6 rings (SSSR count). The van der Waals surface area contributed by atoms with Gasteiger partial charge in [-0.3, -0.25) is 9.78 Å². The van der Waals surface area contributed by atoms with Crippen LogP contribution in [0.15, 0.2) is 18.5 Å². The first-order chi connectivity index (χ1) is 16.2. The molecule has 7 nitrogen and oxygen atoms in total. The van der Waals surface area contributed by atoms with Gasteiger partial charge in [-0.15, -0.1) is 22.7 Å². The molecule has 1 amide bonds. The van der Waals surface area contributed by atoms with Gasteiger partial charge in [-0.2, -0.15) is 0 Å². The fraction of sp³-hybridized carbons (Fsp3) is 0.542. The van der Waals surface area contributed by atoms with Crippen molar-refractivity contribution in [1.82, 2.24) is 25.5 Å². The van der Waals surface area contributed by atoms with E-state index in [4.69, 9.17) is 4.98 Å². The Hall–Kier alpha value is -1.91. The van der Waals surface area contributed by atoms with Crippen LogP contribution >= 0.6 is 22.7 Å². The number of fused-ring (bicyclic) bond motifs is 2. The number of carbonyl (C=O) groups excluding carboxylic acids is 1. The predicted octanol–water partition coefficient (Wildman–Crippen LogP) is 3.61. The van der Waals surface area contributed by atoms with Gasteiger partial charge in [0.25, 0.3) is 0 Å². The molecule has 1 atom stereocenters. The number of aromatic nitrogens is 2. The Bertz CT molecular complexity index is 1130. The van der Waals surface area contributed by atoms with Crippen molar-refractivity contribution in [2.45, 2.75) is 50.6 Å². The molecule has 9 heteroatoms. The summed E-state index contributed by atoms with van der Waals surface area (Å²) in [6, 6.07) is 2.01. The smallest absolute Gasteiger partial charge is 0.226 e. The maximum Gasteiger partial charge on any atom is 0.226 e. The lowest BCUT2D eigenvalue weighted by Crippen LogP contribution is -2.54. The molecule has 3 N–H and O–H groups in total. The van der Waals surface area contributed by atoms with E-state index < -0.39 is 0 Å². The monoisotopic (exact) mass is 482 g/mol. The van der Waals surface area contributed by atoms with Gasteiger partial charge in [0.2, 0.25) is 5.91 Å². The number of hydrogen-bond donors (Lipinski definition) is 3. The highest BCUT2D eigenvalue weighted by molar-refractivity contribution is 7.22. The number of pyridine rings is 1. The van der Waals surface area contributed by atoms with Crippen LogP contribution in [0.25, 0.3) is 20.8 Å². The van der Waals surface area contributed by atoms with Crippen molar-refractivity contribution in [1.29, 1.82) is 0 Å². The molecule has 0 radical (unpaired) electrons. The highest BCUT2D eigenvalue weighted by atomic mass is 32.1. The number of anilines is 1. The van der Waals surface area contributed by atoms with E-state index >= 15 is 0 Å². The Morgan fingerprint density at radius 1 is 1.24 bits per heavy atom. The topological polar surface area (TPSA) is 82.2 Å². The summed E-state index contributed by atoms with van der Waals surface area (Å²) in [5.74, 6) is 0.101. The number of nitrogens with zero attached hydrogens (tertiary/aromatic N) is 3. The molecule has 33 heavy (non-hydrogen) atoms. The molecule has 174 valence electrons. The number of likely N-dealkylation sites (tertiary alicyclic amines) is 1. The summed E-state index contributed by atoms with van der Waals surface area (Å²) >= 11 is 3.39. The van der Waals surface area contributed by atoms with Crippen molar-refractivity contribution in [2.24, 2.45) is 0 Å². The molecular formula is C24H30N6OS2. The number of amides is 1. The van der Waals surface area contributed by atoms with Crippen molar-refractivity contribution in [2.75, 3.05) is 38.0 Å². The summed E-state index contributed by atoms with van der Waals surface area (Å²) in [6.07, 6.45) is 10.2. The Balaban J connectivity index is 1.19. The molecule has 0 aliphatic carbocycles. The average molecular weight is 483 g/mol. The molecule has 0 unspecified atom stereocenters. The van der Waals surface area contributed by atoms with E-state index in [9.17, 15) is 4.79 Å². The van der Waals surface area contributed by atoms with Gasteiger partial charge in [-0.05, 0) is 63.4 Å². The second-order valence-electron chi connectivity index (χ2n) is 9.49. The van der Waals surface area contributed by atoms with Crippen molar-refractivity contribution in [3.63, 3.8) is 0 Å². The maximum absolute atomic E-state index is 13.0. The third-order valence-corrected chi connectivity index (χ3v) is 9.43. The quantitative estimate of drug-likeness (QED) is 0.515. The van der Waals surface area contributed by atoms with Crippen molar-refractivity contribution in [3.05, 3.63) is 28.9 Å². The number of nitrogens with one attached hydrogen (secondary N) is 3. The van der Waals surface area contributed by atoms with Crippen LogP contribution in [0.3, 0.4) is 0 Å². The molecule has 3 aromatic heterocycles. The minimum absolute atomic E-state index is 0.101. The lowest BCUT2D eigenvalue weighted by molar-refractivity contribution is -0.116. The molecule has 1 spiro atoms. The van der Waals surface area contributed by atoms with Gasteiger partial charge < -0.3 is 20.9 Å². The van der Waals surface area contributed by atoms with Gasteiger partial charge in [-0.25, -0.2) is 4.98 Å². The normalized spacial score (nSPS) is 23.3. The molecule has 2 saturated heterocycles. The first kappa shape index (κ1) is 21.6. The summed E-state index contributed by atoms with van der Waals surface area (Å²) in [6.45, 7) is 5.95. The fourth-order valence-electron chi connectivity index (χ4n) is 5.62. The van der Waals surface area contributed by atoms with Crippen LogP contribution in [0.4, 0.5) is 5.00 Å². The molecule has 0 aromatic carbocycles. The van der Waals surface area contributed by atoms with Crippen molar-refractivity contribution >= 4 is 43.8 Å². The number of thiazole rings is 1. The number of carbonyl (C=O) groups is 1. The van der Waals surface area contributed by atoms with Crippen LogP contribution in [0, 0.1) is 0 Å². The second-order valence-corrected chi connectivity index (χ2v) is 11.6. The molecule has 3 aliphatic rings. The van der Waals surface area contributed by atoms with Crippen LogP contribution in [-0.2, 0) is 17.8 Å². The van der Waals surface area contributed by atoms with E-state index in [2.05, 4.69) is 25.8 Å². The second kappa shape index (κ2) is 9.03. The van der Waals surface area contributed by atoms with E-state index in [1.807, 2.05) is 18.5 Å². The summed E-state index contributed by atoms with van der Waals surface area (Å²) in [5.41, 5.74) is 3.68. The lowest BCUT2D eigenvalue weighted by Gasteiger charge is -2.40. The van der Waals surface area contributed by atoms with E-state index in [-0.39, 0.29) is 5.91 Å². The lowest BCUT2D eigenvalue weighted by atomic mass is 9.87. The molecule has 3 aliphatic heterocycles. The standard InChI is InChI=1S/C24H30N6OS2/c31-20(5-12-30-11-2-7-24(15-30)6-1-8-27-24)29-23-21(16-3-9-26-14-19(16)33-23)22-28-17-13-25-10-4-18(17)32-22/h4,10,13,26-27H,1-3,5-9,11-12,14-15H2,(H,29,31)/t24-/m0/s1. The summed E-state index contributed by atoms with van der Waals surface area (Å²) < 4.78 is 1.13. The van der Waals surface area contributed by atoms with Crippen molar-refractivity contribution < 1.29 is 4.79 Å². The van der Waals surface area contributed by atoms with Gasteiger partial charge in [0.1, 0.15) is 15.5 Å². The highest BCUT2D eigenvalue weighted by Gasteiger charge is 2.37. The van der Waals surface area contributed by atoms with E-state index in [1.165, 1.54) is 36.1 Å².